The molecule has 2 rings (SSSR count). The molecule has 11 heteroatoms. The summed E-state index contributed by atoms with van der Waals surface area (Å²) in [5.41, 5.74) is 4.62. The van der Waals surface area contributed by atoms with Crippen LogP contribution in [0.1, 0.15) is 38.1 Å². The fourth-order valence-electron chi connectivity index (χ4n) is 2.81. The average Bonchev–Trinajstić information content (AvgIpc) is 2.75. The van der Waals surface area contributed by atoms with E-state index in [9.17, 15) is 22.4 Å². The highest BCUT2D eigenvalue weighted by Gasteiger charge is 2.30. The number of sulfonamides is 1. The van der Waals surface area contributed by atoms with Gasteiger partial charge in [0.05, 0.1) is 13.2 Å². The predicted octanol–water partition coefficient (Wildman–Crippen LogP) is 2.39. The molecular weight excluding hydrogens is 453 g/mol. The lowest BCUT2D eigenvalue weighted by molar-refractivity contribution is -0.124. The molecule has 33 heavy (non-hydrogen) atoms. The molecule has 0 saturated carbocycles. The molecule has 0 bridgehead atoms. The Kier molecular flexibility index (Phi) is 8.77. The normalized spacial score (nSPS) is 12.4. The molecule has 2 aromatic carbocycles. The van der Waals surface area contributed by atoms with E-state index in [1.54, 1.807) is 19.9 Å². The van der Waals surface area contributed by atoms with E-state index in [4.69, 9.17) is 9.47 Å². The maximum atomic E-state index is 13.9. The number of hydrogen-bond donors (Lipinski definition) is 3. The Balaban J connectivity index is 2.11. The zero-order valence-electron chi connectivity index (χ0n) is 19.0. The zero-order chi connectivity index (χ0) is 24.8. The van der Waals surface area contributed by atoms with Crippen LogP contribution >= 0.6 is 0 Å². The number of amides is 2. The van der Waals surface area contributed by atoms with Gasteiger partial charge in [-0.1, -0.05) is 26.0 Å². The number of carbonyl (C=O) groups excluding carboxylic acids is 2. The van der Waals surface area contributed by atoms with Gasteiger partial charge in [-0.15, -0.1) is 0 Å². The van der Waals surface area contributed by atoms with Crippen LogP contribution in [0.2, 0.25) is 0 Å². The Morgan fingerprint density at radius 1 is 0.970 bits per heavy atom. The highest BCUT2D eigenvalue weighted by atomic mass is 32.2. The van der Waals surface area contributed by atoms with Gasteiger partial charge in [-0.2, -0.15) is 4.72 Å². The van der Waals surface area contributed by atoms with E-state index in [-0.39, 0.29) is 11.7 Å². The number of carbonyl (C=O) groups is 2. The summed E-state index contributed by atoms with van der Waals surface area (Å²) in [5, 5.41) is 0. The lowest BCUT2D eigenvalue weighted by atomic mass is 10.1. The third-order valence-electron chi connectivity index (χ3n) is 4.45. The molecule has 0 unspecified atom stereocenters. The van der Waals surface area contributed by atoms with Crippen LogP contribution in [-0.4, -0.2) is 39.5 Å². The van der Waals surface area contributed by atoms with Gasteiger partial charge in [0, 0.05) is 5.56 Å². The Labute approximate surface area is 192 Å². The monoisotopic (exact) mass is 481 g/mol. The largest absolute Gasteiger partial charge is 0.493 e. The van der Waals surface area contributed by atoms with E-state index in [0.29, 0.717) is 11.5 Å². The molecule has 0 spiro atoms. The number of rotatable bonds is 9. The summed E-state index contributed by atoms with van der Waals surface area (Å²) in [6, 6.07) is 8.05. The minimum atomic E-state index is -4.32. The standard InChI is InChI=1S/C22H28FN3O6S/c1-13(2)20(26-33(29,30)19-9-7-6-8-16(19)23)22(28)25-24-21(27)15-10-11-17(32-14(3)4)18(12-15)31-5/h6-14,20,26H,1-5H3,(H,24,27)(H,25,28)/t20-/m0/s1. The van der Waals surface area contributed by atoms with Crippen LogP contribution in [0.25, 0.3) is 0 Å². The summed E-state index contributed by atoms with van der Waals surface area (Å²) < 4.78 is 52.1. The highest BCUT2D eigenvalue weighted by Crippen LogP contribution is 2.28. The number of halogens is 1. The van der Waals surface area contributed by atoms with Gasteiger partial charge in [-0.3, -0.25) is 20.4 Å². The van der Waals surface area contributed by atoms with E-state index >= 15 is 0 Å². The van der Waals surface area contributed by atoms with E-state index in [2.05, 4.69) is 15.6 Å². The molecule has 3 N–H and O–H groups in total. The Morgan fingerprint density at radius 2 is 1.64 bits per heavy atom. The molecule has 0 fully saturated rings. The Hall–Kier alpha value is -3.18. The van der Waals surface area contributed by atoms with Crippen LogP contribution < -0.4 is 25.0 Å². The van der Waals surface area contributed by atoms with Crippen molar-refractivity contribution in [2.75, 3.05) is 7.11 Å². The lowest BCUT2D eigenvalue weighted by Gasteiger charge is -2.22. The molecule has 1 atom stereocenters. The molecule has 2 amide bonds. The zero-order valence-corrected chi connectivity index (χ0v) is 19.8. The van der Waals surface area contributed by atoms with Crippen molar-refractivity contribution in [1.82, 2.24) is 15.6 Å². The van der Waals surface area contributed by atoms with Crippen LogP contribution in [0.3, 0.4) is 0 Å². The number of methoxy groups -OCH3 is 1. The molecule has 0 aliphatic rings. The second-order valence-corrected chi connectivity index (χ2v) is 9.43. The van der Waals surface area contributed by atoms with Crippen LogP contribution in [0.15, 0.2) is 47.4 Å². The smallest absolute Gasteiger partial charge is 0.269 e. The van der Waals surface area contributed by atoms with Crippen LogP contribution in [0.4, 0.5) is 4.39 Å². The summed E-state index contributed by atoms with van der Waals surface area (Å²) >= 11 is 0. The van der Waals surface area contributed by atoms with E-state index < -0.39 is 44.5 Å². The van der Waals surface area contributed by atoms with E-state index in [1.807, 2.05) is 13.8 Å². The molecule has 0 aromatic heterocycles. The fraction of sp³-hybridized carbons (Fsp3) is 0.364. The minimum absolute atomic E-state index is 0.0982. The van der Waals surface area contributed by atoms with Gasteiger partial charge in [0.1, 0.15) is 16.8 Å². The van der Waals surface area contributed by atoms with Crippen LogP contribution in [-0.2, 0) is 14.8 Å². The molecule has 0 saturated heterocycles. The number of benzene rings is 2. The number of hydrazine groups is 1. The van der Waals surface area contributed by atoms with Gasteiger partial charge in [-0.25, -0.2) is 12.8 Å². The Bertz CT molecular complexity index is 1110. The van der Waals surface area contributed by atoms with E-state index in [0.717, 1.165) is 12.1 Å². The summed E-state index contributed by atoms with van der Waals surface area (Å²) in [6.45, 7) is 6.91. The molecule has 0 radical (unpaired) electrons. The molecule has 180 valence electrons. The molecular formula is C22H28FN3O6S. The first-order valence-corrected chi connectivity index (χ1v) is 11.7. The molecule has 0 aliphatic carbocycles. The van der Waals surface area contributed by atoms with Gasteiger partial charge < -0.3 is 9.47 Å². The van der Waals surface area contributed by atoms with Gasteiger partial charge in [0.15, 0.2) is 11.5 Å². The van der Waals surface area contributed by atoms with Gasteiger partial charge in [-0.05, 0) is 50.1 Å². The van der Waals surface area contributed by atoms with Gasteiger partial charge in [0.2, 0.25) is 10.0 Å². The second-order valence-electron chi connectivity index (χ2n) is 7.75. The van der Waals surface area contributed by atoms with Crippen molar-refractivity contribution in [2.45, 2.75) is 44.7 Å². The van der Waals surface area contributed by atoms with Crippen molar-refractivity contribution in [3.63, 3.8) is 0 Å². The van der Waals surface area contributed by atoms with Crippen molar-refractivity contribution in [3.05, 3.63) is 53.8 Å². The molecule has 0 heterocycles. The molecule has 2 aromatic rings. The predicted molar refractivity (Wildman–Crippen MR) is 120 cm³/mol. The van der Waals surface area contributed by atoms with Crippen LogP contribution in [0.5, 0.6) is 11.5 Å². The van der Waals surface area contributed by atoms with Crippen molar-refractivity contribution in [1.29, 1.82) is 0 Å². The van der Waals surface area contributed by atoms with Crippen molar-refractivity contribution >= 4 is 21.8 Å². The highest BCUT2D eigenvalue weighted by molar-refractivity contribution is 7.89. The summed E-state index contributed by atoms with van der Waals surface area (Å²) in [5.74, 6) is -2.13. The third kappa shape index (κ3) is 6.90. The van der Waals surface area contributed by atoms with Crippen LogP contribution in [0, 0.1) is 11.7 Å². The van der Waals surface area contributed by atoms with Gasteiger partial charge in [0.25, 0.3) is 11.8 Å². The van der Waals surface area contributed by atoms with Crippen molar-refractivity contribution < 1.29 is 31.9 Å². The molecule has 0 aliphatic heterocycles. The number of hydrogen-bond acceptors (Lipinski definition) is 6. The van der Waals surface area contributed by atoms with Gasteiger partial charge >= 0.3 is 0 Å². The van der Waals surface area contributed by atoms with E-state index in [1.165, 1.54) is 31.4 Å². The quantitative estimate of drug-likeness (QED) is 0.473. The SMILES string of the molecule is COc1cc(C(=O)NNC(=O)[C@@H](NS(=O)(=O)c2ccccc2F)C(C)C)ccc1OC(C)C. The van der Waals surface area contributed by atoms with Crippen molar-refractivity contribution in [2.24, 2.45) is 5.92 Å². The maximum Gasteiger partial charge on any atom is 0.269 e. The number of nitrogens with one attached hydrogen (secondary N) is 3. The number of ether oxygens (including phenoxy) is 2. The minimum Gasteiger partial charge on any atom is -0.493 e. The summed E-state index contributed by atoms with van der Waals surface area (Å²) in [6.07, 6.45) is -0.0982. The first-order valence-electron chi connectivity index (χ1n) is 10.2. The first kappa shape index (κ1) is 26.1. The fourth-order valence-corrected chi connectivity index (χ4v) is 4.24. The lowest BCUT2D eigenvalue weighted by Crippen LogP contribution is -2.54. The average molecular weight is 482 g/mol. The Morgan fingerprint density at radius 3 is 2.21 bits per heavy atom. The summed E-state index contributed by atoms with van der Waals surface area (Å²) in [7, 11) is -2.89. The second kappa shape index (κ2) is 11.1. The molecule has 9 nitrogen and oxygen atoms in total. The van der Waals surface area contributed by atoms with Crippen molar-refractivity contribution in [3.8, 4) is 11.5 Å². The third-order valence-corrected chi connectivity index (χ3v) is 5.92. The first-order chi connectivity index (χ1) is 15.5. The maximum absolute atomic E-state index is 13.9. The summed E-state index contributed by atoms with van der Waals surface area (Å²) in [4.78, 5) is 24.5. The topological polar surface area (TPSA) is 123 Å².